The first-order valence-electron chi connectivity index (χ1n) is 8.25. The van der Waals surface area contributed by atoms with Crippen molar-refractivity contribution in [1.29, 1.82) is 0 Å². The van der Waals surface area contributed by atoms with Gasteiger partial charge < -0.3 is 20.1 Å². The second-order valence-corrected chi connectivity index (χ2v) is 7.59. The van der Waals surface area contributed by atoms with E-state index in [0.717, 1.165) is 0 Å². The molecule has 7 nitrogen and oxygen atoms in total. The number of hydrogen-bond acceptors (Lipinski definition) is 6. The summed E-state index contributed by atoms with van der Waals surface area (Å²) in [5.74, 6) is -0.958. The Morgan fingerprint density at radius 2 is 1.17 bits per heavy atom. The summed E-state index contributed by atoms with van der Waals surface area (Å²) in [4.78, 5) is 37.1. The normalized spacial score (nSPS) is 11.8. The SMILES string of the molecule is CC(C)(C)OC(=O)CCN(CCC(=O)OC(C)(C)C)C(=O)CCN. The van der Waals surface area contributed by atoms with Gasteiger partial charge in [0.25, 0.3) is 0 Å². The molecule has 1 amide bonds. The molecule has 0 atom stereocenters. The van der Waals surface area contributed by atoms with Gasteiger partial charge in [0, 0.05) is 26.1 Å². The smallest absolute Gasteiger partial charge is 0.308 e. The summed E-state index contributed by atoms with van der Waals surface area (Å²) >= 11 is 0. The third-order valence-corrected chi connectivity index (χ3v) is 2.72. The van der Waals surface area contributed by atoms with E-state index in [1.807, 2.05) is 0 Å². The van der Waals surface area contributed by atoms with Gasteiger partial charge in [0.1, 0.15) is 11.2 Å². The van der Waals surface area contributed by atoms with Crippen LogP contribution in [0.25, 0.3) is 0 Å². The number of nitrogens with two attached hydrogens (primary N) is 1. The van der Waals surface area contributed by atoms with Gasteiger partial charge in [-0.1, -0.05) is 0 Å². The molecule has 140 valence electrons. The predicted molar refractivity (Wildman–Crippen MR) is 91.2 cm³/mol. The highest BCUT2D eigenvalue weighted by atomic mass is 16.6. The first-order valence-corrected chi connectivity index (χ1v) is 8.25. The van der Waals surface area contributed by atoms with Crippen LogP contribution in [0.2, 0.25) is 0 Å². The Bertz CT molecular complexity index is 403. The maximum atomic E-state index is 12.1. The predicted octanol–water partition coefficient (Wildman–Crippen LogP) is 1.63. The zero-order valence-corrected chi connectivity index (χ0v) is 15.8. The van der Waals surface area contributed by atoms with Crippen LogP contribution in [-0.4, -0.2) is 53.6 Å². The topological polar surface area (TPSA) is 98.9 Å². The molecule has 0 aromatic heterocycles. The molecular weight excluding hydrogens is 312 g/mol. The average Bonchev–Trinajstić information content (AvgIpc) is 2.34. The molecule has 0 aliphatic carbocycles. The van der Waals surface area contributed by atoms with Gasteiger partial charge in [0.05, 0.1) is 12.8 Å². The standard InChI is InChI=1S/C17H32N2O5/c1-16(2,3)23-14(21)8-11-19(13(20)7-10-18)12-9-15(22)24-17(4,5)6/h7-12,18H2,1-6H3. The summed E-state index contributed by atoms with van der Waals surface area (Å²) in [5, 5.41) is 0. The summed E-state index contributed by atoms with van der Waals surface area (Å²) < 4.78 is 10.5. The Balaban J connectivity index is 4.57. The zero-order chi connectivity index (χ0) is 19.0. The molecule has 0 aromatic rings. The van der Waals surface area contributed by atoms with Gasteiger partial charge in [-0.15, -0.1) is 0 Å². The van der Waals surface area contributed by atoms with Crippen molar-refractivity contribution in [3.8, 4) is 0 Å². The van der Waals surface area contributed by atoms with Gasteiger partial charge in [-0.2, -0.15) is 0 Å². The maximum absolute atomic E-state index is 12.1. The van der Waals surface area contributed by atoms with Crippen LogP contribution in [0.5, 0.6) is 0 Å². The van der Waals surface area contributed by atoms with Crippen molar-refractivity contribution in [3.63, 3.8) is 0 Å². The number of carbonyl (C=O) groups excluding carboxylic acids is 3. The van der Waals surface area contributed by atoms with Crippen molar-refractivity contribution in [2.75, 3.05) is 19.6 Å². The van der Waals surface area contributed by atoms with Crippen molar-refractivity contribution in [3.05, 3.63) is 0 Å². The van der Waals surface area contributed by atoms with Gasteiger partial charge >= 0.3 is 11.9 Å². The Hall–Kier alpha value is -1.63. The fourth-order valence-corrected chi connectivity index (χ4v) is 1.88. The molecule has 0 saturated heterocycles. The Morgan fingerprint density at radius 3 is 1.46 bits per heavy atom. The highest BCUT2D eigenvalue weighted by molar-refractivity contribution is 5.78. The minimum absolute atomic E-state index is 0.0713. The summed E-state index contributed by atoms with van der Waals surface area (Å²) in [6, 6.07) is 0. The lowest BCUT2D eigenvalue weighted by atomic mass is 10.2. The van der Waals surface area contributed by atoms with Crippen molar-refractivity contribution in [2.24, 2.45) is 5.73 Å². The quantitative estimate of drug-likeness (QED) is 0.672. The van der Waals surface area contributed by atoms with Crippen molar-refractivity contribution < 1.29 is 23.9 Å². The number of ether oxygens (including phenoxy) is 2. The van der Waals surface area contributed by atoms with Crippen LogP contribution in [0.1, 0.15) is 60.8 Å². The van der Waals surface area contributed by atoms with Crippen molar-refractivity contribution in [1.82, 2.24) is 4.90 Å². The van der Waals surface area contributed by atoms with Crippen LogP contribution < -0.4 is 5.73 Å². The van der Waals surface area contributed by atoms with E-state index in [2.05, 4.69) is 0 Å². The molecule has 2 N–H and O–H groups in total. The number of rotatable bonds is 8. The molecule has 0 radical (unpaired) electrons. The number of hydrogen-bond donors (Lipinski definition) is 1. The van der Waals surface area contributed by atoms with Crippen LogP contribution in [0.4, 0.5) is 0 Å². The number of esters is 2. The second kappa shape index (κ2) is 9.61. The third kappa shape index (κ3) is 11.9. The minimum atomic E-state index is -0.570. The van der Waals surface area contributed by atoms with Crippen molar-refractivity contribution in [2.45, 2.75) is 72.0 Å². The molecule has 0 aromatic carbocycles. The maximum Gasteiger partial charge on any atom is 0.308 e. The molecule has 0 heterocycles. The van der Waals surface area contributed by atoms with E-state index < -0.39 is 11.2 Å². The highest BCUT2D eigenvalue weighted by Gasteiger charge is 2.21. The fraction of sp³-hybridized carbons (Fsp3) is 0.824. The molecule has 0 rings (SSSR count). The molecule has 24 heavy (non-hydrogen) atoms. The van der Waals surface area contributed by atoms with Crippen molar-refractivity contribution >= 4 is 17.8 Å². The van der Waals surface area contributed by atoms with Crippen LogP contribution >= 0.6 is 0 Å². The van der Waals surface area contributed by atoms with E-state index in [4.69, 9.17) is 15.2 Å². The Kier molecular flexibility index (Phi) is 8.96. The minimum Gasteiger partial charge on any atom is -0.460 e. The lowest BCUT2D eigenvalue weighted by Crippen LogP contribution is -2.37. The summed E-state index contributed by atoms with van der Waals surface area (Å²) in [5.41, 5.74) is 4.28. The lowest BCUT2D eigenvalue weighted by Gasteiger charge is -2.25. The zero-order valence-electron chi connectivity index (χ0n) is 15.8. The lowest BCUT2D eigenvalue weighted by molar-refractivity contribution is -0.155. The Labute approximate surface area is 144 Å². The van der Waals surface area contributed by atoms with Crippen LogP contribution in [0, 0.1) is 0 Å². The first kappa shape index (κ1) is 22.4. The molecule has 0 bridgehead atoms. The van der Waals surface area contributed by atoms with E-state index in [9.17, 15) is 14.4 Å². The van der Waals surface area contributed by atoms with Crippen LogP contribution in [0.3, 0.4) is 0 Å². The van der Waals surface area contributed by atoms with Crippen LogP contribution in [-0.2, 0) is 23.9 Å². The van der Waals surface area contributed by atoms with Gasteiger partial charge in [-0.05, 0) is 41.5 Å². The average molecular weight is 344 g/mol. The van der Waals surface area contributed by atoms with E-state index in [0.29, 0.717) is 0 Å². The highest BCUT2D eigenvalue weighted by Crippen LogP contribution is 2.11. The molecule has 0 aliphatic heterocycles. The fourth-order valence-electron chi connectivity index (χ4n) is 1.88. The summed E-state index contributed by atoms with van der Waals surface area (Å²) in [6.07, 6.45) is 0.312. The van der Waals surface area contributed by atoms with E-state index in [1.54, 1.807) is 41.5 Å². The van der Waals surface area contributed by atoms with Gasteiger partial charge in [0.2, 0.25) is 5.91 Å². The molecule has 0 unspecified atom stereocenters. The number of carbonyl (C=O) groups is 3. The molecule has 0 saturated carbocycles. The second-order valence-electron chi connectivity index (χ2n) is 7.59. The van der Waals surface area contributed by atoms with Crippen LogP contribution in [0.15, 0.2) is 0 Å². The molecule has 7 heteroatoms. The monoisotopic (exact) mass is 344 g/mol. The largest absolute Gasteiger partial charge is 0.460 e. The molecule has 0 fully saturated rings. The number of amides is 1. The summed E-state index contributed by atoms with van der Waals surface area (Å²) in [6.45, 7) is 11.3. The first-order chi connectivity index (χ1) is 10.8. The van der Waals surface area contributed by atoms with Gasteiger partial charge in [-0.25, -0.2) is 0 Å². The third-order valence-electron chi connectivity index (χ3n) is 2.72. The molecule has 0 spiro atoms. The van der Waals surface area contributed by atoms with E-state index >= 15 is 0 Å². The van der Waals surface area contributed by atoms with Gasteiger partial charge in [0.15, 0.2) is 0 Å². The van der Waals surface area contributed by atoms with E-state index in [1.165, 1.54) is 4.90 Å². The summed E-state index contributed by atoms with van der Waals surface area (Å²) in [7, 11) is 0. The van der Waals surface area contributed by atoms with E-state index in [-0.39, 0.29) is 56.7 Å². The van der Waals surface area contributed by atoms with Gasteiger partial charge in [-0.3, -0.25) is 14.4 Å². The Morgan fingerprint density at radius 1 is 0.792 bits per heavy atom. The molecular formula is C17H32N2O5. The molecule has 0 aliphatic rings. The number of nitrogens with zero attached hydrogens (tertiary/aromatic N) is 1.